The normalized spacial score (nSPS) is 19.5. The Balaban J connectivity index is 1.90. The maximum atomic E-state index is 12.8. The van der Waals surface area contributed by atoms with Gasteiger partial charge in [-0.2, -0.15) is 0 Å². The van der Waals surface area contributed by atoms with Crippen LogP contribution < -0.4 is 5.32 Å². The van der Waals surface area contributed by atoms with E-state index >= 15 is 0 Å². The molecule has 0 saturated carbocycles. The summed E-state index contributed by atoms with van der Waals surface area (Å²) in [5.41, 5.74) is 1.13. The molecule has 106 valence electrons. The van der Waals surface area contributed by atoms with Crippen molar-refractivity contribution in [3.63, 3.8) is 0 Å². The molecule has 2 aromatic rings. The molecule has 1 aliphatic heterocycles. The Morgan fingerprint density at radius 1 is 1.40 bits per heavy atom. The summed E-state index contributed by atoms with van der Waals surface area (Å²) in [6, 6.07) is 8.70. The predicted octanol–water partition coefficient (Wildman–Crippen LogP) is 3.03. The Morgan fingerprint density at radius 2 is 2.20 bits per heavy atom. The van der Waals surface area contributed by atoms with Crippen LogP contribution >= 0.6 is 11.3 Å². The number of aryl methyl sites for hydroxylation is 1. The minimum Gasteiger partial charge on any atom is -0.336 e. The molecule has 1 aliphatic rings. The standard InChI is InChI=1S/C16H20N2OS/c1-11-13-7-3-4-8-14(13)20-15(11)16(19)18-9-5-6-12(10-18)17-2/h3-4,7-8,12,17H,5-6,9-10H2,1-2H3/t12-/m0/s1. The van der Waals surface area contributed by atoms with Crippen molar-refractivity contribution in [3.8, 4) is 0 Å². The molecule has 1 aromatic carbocycles. The van der Waals surface area contributed by atoms with E-state index in [2.05, 4.69) is 24.4 Å². The van der Waals surface area contributed by atoms with Gasteiger partial charge < -0.3 is 10.2 Å². The highest BCUT2D eigenvalue weighted by Crippen LogP contribution is 2.31. The number of thiophene rings is 1. The summed E-state index contributed by atoms with van der Waals surface area (Å²) >= 11 is 1.62. The Labute approximate surface area is 123 Å². The van der Waals surface area contributed by atoms with E-state index in [0.29, 0.717) is 6.04 Å². The molecular weight excluding hydrogens is 268 g/mol. The van der Waals surface area contributed by atoms with E-state index < -0.39 is 0 Å². The first-order chi connectivity index (χ1) is 9.70. The van der Waals surface area contributed by atoms with E-state index in [9.17, 15) is 4.79 Å². The van der Waals surface area contributed by atoms with Crippen molar-refractivity contribution in [1.29, 1.82) is 0 Å². The Hall–Kier alpha value is -1.39. The molecule has 0 bridgehead atoms. The van der Waals surface area contributed by atoms with Crippen molar-refractivity contribution in [3.05, 3.63) is 34.7 Å². The van der Waals surface area contributed by atoms with Crippen molar-refractivity contribution in [2.24, 2.45) is 0 Å². The van der Waals surface area contributed by atoms with Crippen LogP contribution in [-0.4, -0.2) is 37.0 Å². The molecule has 1 saturated heterocycles. The van der Waals surface area contributed by atoms with Crippen LogP contribution in [0.3, 0.4) is 0 Å². The Morgan fingerprint density at radius 3 is 2.95 bits per heavy atom. The van der Waals surface area contributed by atoms with E-state index in [1.54, 1.807) is 11.3 Å². The highest BCUT2D eigenvalue weighted by molar-refractivity contribution is 7.21. The van der Waals surface area contributed by atoms with E-state index in [0.717, 1.165) is 36.4 Å². The lowest BCUT2D eigenvalue weighted by atomic mass is 10.1. The third-order valence-electron chi connectivity index (χ3n) is 4.15. The molecule has 1 atom stereocenters. The van der Waals surface area contributed by atoms with Gasteiger partial charge in [0.15, 0.2) is 0 Å². The lowest BCUT2D eigenvalue weighted by molar-refractivity contribution is 0.0702. The van der Waals surface area contributed by atoms with Gasteiger partial charge in [-0.1, -0.05) is 18.2 Å². The fraction of sp³-hybridized carbons (Fsp3) is 0.438. The summed E-state index contributed by atoms with van der Waals surface area (Å²) in [6.07, 6.45) is 2.24. The maximum absolute atomic E-state index is 12.8. The monoisotopic (exact) mass is 288 g/mol. The van der Waals surface area contributed by atoms with Gasteiger partial charge in [0, 0.05) is 23.8 Å². The summed E-state index contributed by atoms with van der Waals surface area (Å²) < 4.78 is 1.20. The van der Waals surface area contributed by atoms with Gasteiger partial charge in [-0.15, -0.1) is 11.3 Å². The molecule has 1 fully saturated rings. The molecular formula is C16H20N2OS. The number of amides is 1. The maximum Gasteiger partial charge on any atom is 0.264 e. The molecule has 3 nitrogen and oxygen atoms in total. The number of likely N-dealkylation sites (N-methyl/N-ethyl adjacent to an activating group) is 1. The molecule has 20 heavy (non-hydrogen) atoms. The lowest BCUT2D eigenvalue weighted by Crippen LogP contribution is -2.46. The van der Waals surface area contributed by atoms with E-state index in [1.165, 1.54) is 10.1 Å². The van der Waals surface area contributed by atoms with Crippen molar-refractivity contribution >= 4 is 27.3 Å². The number of hydrogen-bond donors (Lipinski definition) is 1. The number of hydrogen-bond acceptors (Lipinski definition) is 3. The minimum absolute atomic E-state index is 0.198. The molecule has 0 radical (unpaired) electrons. The van der Waals surface area contributed by atoms with Gasteiger partial charge in [0.25, 0.3) is 5.91 Å². The smallest absolute Gasteiger partial charge is 0.264 e. The molecule has 0 spiro atoms. The van der Waals surface area contributed by atoms with Gasteiger partial charge in [0.05, 0.1) is 4.88 Å². The number of benzene rings is 1. The predicted molar refractivity (Wildman–Crippen MR) is 84.5 cm³/mol. The van der Waals surface area contributed by atoms with Crippen LogP contribution in [0.5, 0.6) is 0 Å². The average molecular weight is 288 g/mol. The molecule has 1 aromatic heterocycles. The SMILES string of the molecule is CN[C@H]1CCCN(C(=O)c2sc3ccccc3c2C)C1. The van der Waals surface area contributed by atoms with Crippen molar-refractivity contribution < 1.29 is 4.79 Å². The first-order valence-electron chi connectivity index (χ1n) is 7.15. The highest BCUT2D eigenvalue weighted by atomic mass is 32.1. The van der Waals surface area contributed by atoms with Gasteiger partial charge >= 0.3 is 0 Å². The highest BCUT2D eigenvalue weighted by Gasteiger charge is 2.26. The summed E-state index contributed by atoms with van der Waals surface area (Å²) in [7, 11) is 1.98. The summed E-state index contributed by atoms with van der Waals surface area (Å²) in [5.74, 6) is 0.198. The number of nitrogens with one attached hydrogen (secondary N) is 1. The van der Waals surface area contributed by atoms with Gasteiger partial charge in [-0.05, 0) is 43.8 Å². The molecule has 3 rings (SSSR count). The lowest BCUT2D eigenvalue weighted by Gasteiger charge is -2.32. The van der Waals surface area contributed by atoms with Crippen molar-refractivity contribution in [2.75, 3.05) is 20.1 Å². The van der Waals surface area contributed by atoms with E-state index in [4.69, 9.17) is 0 Å². The first kappa shape index (κ1) is 13.6. The van der Waals surface area contributed by atoms with Crippen LogP contribution in [-0.2, 0) is 0 Å². The van der Waals surface area contributed by atoms with Crippen molar-refractivity contribution in [2.45, 2.75) is 25.8 Å². The summed E-state index contributed by atoms with van der Waals surface area (Å²) in [6.45, 7) is 3.76. The molecule has 2 heterocycles. The molecule has 4 heteroatoms. The van der Waals surface area contributed by atoms with Gasteiger partial charge in [-0.3, -0.25) is 4.79 Å². The van der Waals surface area contributed by atoms with Crippen LogP contribution in [0.4, 0.5) is 0 Å². The summed E-state index contributed by atoms with van der Waals surface area (Å²) in [5, 5.41) is 4.50. The number of carbonyl (C=O) groups is 1. The quantitative estimate of drug-likeness (QED) is 0.921. The topological polar surface area (TPSA) is 32.3 Å². The van der Waals surface area contributed by atoms with E-state index in [1.807, 2.05) is 24.1 Å². The zero-order valence-electron chi connectivity index (χ0n) is 12.0. The molecule has 1 N–H and O–H groups in total. The third kappa shape index (κ3) is 2.34. The second-order valence-corrected chi connectivity index (χ2v) is 6.48. The fourth-order valence-corrected chi connectivity index (χ4v) is 4.10. The Kier molecular flexibility index (Phi) is 3.76. The number of carbonyl (C=O) groups excluding carboxylic acids is 1. The van der Waals surface area contributed by atoms with Crippen LogP contribution in [0.25, 0.3) is 10.1 Å². The molecule has 1 amide bonds. The molecule has 0 unspecified atom stereocenters. The number of rotatable bonds is 2. The zero-order valence-corrected chi connectivity index (χ0v) is 12.8. The van der Waals surface area contributed by atoms with Gasteiger partial charge in [0.2, 0.25) is 0 Å². The largest absolute Gasteiger partial charge is 0.336 e. The van der Waals surface area contributed by atoms with Gasteiger partial charge in [-0.25, -0.2) is 0 Å². The van der Waals surface area contributed by atoms with Crippen LogP contribution in [0, 0.1) is 6.92 Å². The van der Waals surface area contributed by atoms with Crippen LogP contribution in [0.2, 0.25) is 0 Å². The first-order valence-corrected chi connectivity index (χ1v) is 7.97. The Bertz CT molecular complexity index is 634. The van der Waals surface area contributed by atoms with Gasteiger partial charge in [0.1, 0.15) is 0 Å². The third-order valence-corrected chi connectivity index (χ3v) is 5.42. The van der Waals surface area contributed by atoms with Crippen molar-refractivity contribution in [1.82, 2.24) is 10.2 Å². The summed E-state index contributed by atoms with van der Waals surface area (Å²) in [4.78, 5) is 15.7. The number of piperidine rings is 1. The second-order valence-electron chi connectivity index (χ2n) is 5.43. The minimum atomic E-state index is 0.198. The second kappa shape index (κ2) is 5.54. The molecule has 0 aliphatic carbocycles. The van der Waals surface area contributed by atoms with Crippen LogP contribution in [0.1, 0.15) is 28.1 Å². The van der Waals surface area contributed by atoms with E-state index in [-0.39, 0.29) is 5.91 Å². The fourth-order valence-electron chi connectivity index (χ4n) is 2.92. The number of nitrogens with zero attached hydrogens (tertiary/aromatic N) is 1. The number of fused-ring (bicyclic) bond motifs is 1. The zero-order chi connectivity index (χ0) is 14.1. The van der Waals surface area contributed by atoms with Crippen LogP contribution in [0.15, 0.2) is 24.3 Å². The average Bonchev–Trinajstić information content (AvgIpc) is 2.84. The number of likely N-dealkylation sites (tertiary alicyclic amines) is 1.